The van der Waals surface area contributed by atoms with E-state index in [2.05, 4.69) is 29.8 Å². The van der Waals surface area contributed by atoms with E-state index in [-0.39, 0.29) is 0 Å². The van der Waals surface area contributed by atoms with Crippen molar-refractivity contribution in [1.82, 2.24) is 4.98 Å². The van der Waals surface area contributed by atoms with Gasteiger partial charge in [0.25, 0.3) is 0 Å². The van der Waals surface area contributed by atoms with Crippen molar-refractivity contribution in [3.05, 3.63) is 18.3 Å². The van der Waals surface area contributed by atoms with E-state index in [1.807, 2.05) is 6.07 Å². The van der Waals surface area contributed by atoms with Gasteiger partial charge in [0.05, 0.1) is 5.69 Å². The Morgan fingerprint density at radius 2 is 2.33 bits per heavy atom. The molecule has 2 N–H and O–H groups in total. The Hall–Kier alpha value is -1.25. The molecule has 1 saturated heterocycles. The fourth-order valence-corrected chi connectivity index (χ4v) is 2.44. The van der Waals surface area contributed by atoms with Gasteiger partial charge in [0.1, 0.15) is 5.82 Å². The van der Waals surface area contributed by atoms with Crippen LogP contribution < -0.4 is 10.6 Å². The third kappa shape index (κ3) is 1.91. The highest BCUT2D eigenvalue weighted by Gasteiger charge is 2.28. The van der Waals surface area contributed by atoms with Crippen molar-refractivity contribution in [2.75, 3.05) is 17.2 Å². The maximum atomic E-state index is 5.91. The van der Waals surface area contributed by atoms with Gasteiger partial charge in [0.15, 0.2) is 0 Å². The molecule has 1 aromatic heterocycles. The topological polar surface area (TPSA) is 42.2 Å². The van der Waals surface area contributed by atoms with Crippen LogP contribution in [0.4, 0.5) is 11.5 Å². The maximum Gasteiger partial charge on any atom is 0.146 e. The van der Waals surface area contributed by atoms with Crippen molar-refractivity contribution in [2.45, 2.75) is 32.7 Å². The molecule has 15 heavy (non-hydrogen) atoms. The second kappa shape index (κ2) is 4.09. The number of aromatic nitrogens is 1. The summed E-state index contributed by atoms with van der Waals surface area (Å²) in [5.41, 5.74) is 7.02. The van der Waals surface area contributed by atoms with Crippen LogP contribution in [-0.2, 0) is 0 Å². The predicted octanol–water partition coefficient (Wildman–Crippen LogP) is 2.29. The Morgan fingerprint density at radius 1 is 1.53 bits per heavy atom. The zero-order chi connectivity index (χ0) is 10.8. The van der Waals surface area contributed by atoms with E-state index in [0.29, 0.717) is 17.8 Å². The summed E-state index contributed by atoms with van der Waals surface area (Å²) in [6.45, 7) is 5.66. The van der Waals surface area contributed by atoms with Crippen LogP contribution in [-0.4, -0.2) is 17.6 Å². The highest BCUT2D eigenvalue weighted by atomic mass is 15.2. The smallest absolute Gasteiger partial charge is 0.146 e. The summed E-state index contributed by atoms with van der Waals surface area (Å²) in [4.78, 5) is 6.56. The summed E-state index contributed by atoms with van der Waals surface area (Å²) < 4.78 is 0. The minimum Gasteiger partial charge on any atom is -0.382 e. The SMILES string of the molecule is CC(C)C1CCCN1c1cccnc1N. The molecule has 0 aromatic carbocycles. The van der Waals surface area contributed by atoms with Gasteiger partial charge in [-0.2, -0.15) is 0 Å². The number of nitrogen functional groups attached to an aromatic ring is 1. The van der Waals surface area contributed by atoms with Crippen molar-refractivity contribution >= 4 is 11.5 Å². The number of pyridine rings is 1. The molecule has 0 saturated carbocycles. The summed E-state index contributed by atoms with van der Waals surface area (Å²) in [5, 5.41) is 0. The fourth-order valence-electron chi connectivity index (χ4n) is 2.44. The summed E-state index contributed by atoms with van der Waals surface area (Å²) in [6.07, 6.45) is 4.28. The van der Waals surface area contributed by atoms with Gasteiger partial charge in [-0.3, -0.25) is 0 Å². The molecule has 1 aliphatic heterocycles. The van der Waals surface area contributed by atoms with Gasteiger partial charge in [-0.05, 0) is 30.9 Å². The van der Waals surface area contributed by atoms with E-state index in [1.54, 1.807) is 6.20 Å². The normalized spacial score (nSPS) is 21.3. The average Bonchev–Trinajstić information content (AvgIpc) is 2.67. The lowest BCUT2D eigenvalue weighted by molar-refractivity contribution is 0.492. The van der Waals surface area contributed by atoms with Crippen LogP contribution in [0.2, 0.25) is 0 Å². The van der Waals surface area contributed by atoms with Crippen molar-refractivity contribution < 1.29 is 0 Å². The van der Waals surface area contributed by atoms with Crippen LogP contribution in [0, 0.1) is 5.92 Å². The predicted molar refractivity (Wildman–Crippen MR) is 63.9 cm³/mol. The quantitative estimate of drug-likeness (QED) is 0.805. The highest BCUT2D eigenvalue weighted by Crippen LogP contribution is 2.31. The van der Waals surface area contributed by atoms with Crippen molar-refractivity contribution in [3.63, 3.8) is 0 Å². The maximum absolute atomic E-state index is 5.91. The fraction of sp³-hybridized carbons (Fsp3) is 0.583. The first-order valence-corrected chi connectivity index (χ1v) is 5.67. The Morgan fingerprint density at radius 3 is 3.00 bits per heavy atom. The molecule has 0 aliphatic carbocycles. The molecule has 3 heteroatoms. The molecule has 0 bridgehead atoms. The first-order valence-electron chi connectivity index (χ1n) is 5.67. The zero-order valence-electron chi connectivity index (χ0n) is 9.48. The van der Waals surface area contributed by atoms with Crippen molar-refractivity contribution in [1.29, 1.82) is 0 Å². The third-order valence-electron chi connectivity index (χ3n) is 3.19. The van der Waals surface area contributed by atoms with Crippen LogP contribution in [0.1, 0.15) is 26.7 Å². The first kappa shape index (κ1) is 10.3. The Balaban J connectivity index is 2.27. The lowest BCUT2D eigenvalue weighted by Gasteiger charge is -2.30. The number of hydrogen-bond donors (Lipinski definition) is 1. The van der Waals surface area contributed by atoms with Crippen LogP contribution in [0.3, 0.4) is 0 Å². The van der Waals surface area contributed by atoms with E-state index in [1.165, 1.54) is 12.8 Å². The second-order valence-corrected chi connectivity index (χ2v) is 4.55. The average molecular weight is 205 g/mol. The molecular formula is C12H19N3. The molecule has 2 rings (SSSR count). The molecule has 1 atom stereocenters. The number of hydrogen-bond acceptors (Lipinski definition) is 3. The second-order valence-electron chi connectivity index (χ2n) is 4.55. The Bertz CT molecular complexity index is 335. The number of anilines is 2. The molecule has 3 nitrogen and oxygen atoms in total. The molecule has 1 unspecified atom stereocenters. The van der Waals surface area contributed by atoms with E-state index in [9.17, 15) is 0 Å². The van der Waals surface area contributed by atoms with Gasteiger partial charge in [-0.25, -0.2) is 4.98 Å². The molecule has 0 amide bonds. The van der Waals surface area contributed by atoms with Gasteiger partial charge < -0.3 is 10.6 Å². The van der Waals surface area contributed by atoms with Crippen LogP contribution in [0.25, 0.3) is 0 Å². The van der Waals surface area contributed by atoms with Crippen molar-refractivity contribution in [2.24, 2.45) is 5.92 Å². The van der Waals surface area contributed by atoms with Gasteiger partial charge in [-0.1, -0.05) is 13.8 Å². The largest absolute Gasteiger partial charge is 0.382 e. The summed E-state index contributed by atoms with van der Waals surface area (Å²) in [5.74, 6) is 1.33. The zero-order valence-corrected chi connectivity index (χ0v) is 9.48. The van der Waals surface area contributed by atoms with Crippen LogP contribution in [0.15, 0.2) is 18.3 Å². The number of nitrogens with two attached hydrogens (primary N) is 1. The van der Waals surface area contributed by atoms with E-state index in [0.717, 1.165) is 12.2 Å². The number of nitrogens with zero attached hydrogens (tertiary/aromatic N) is 2. The molecule has 0 radical (unpaired) electrons. The molecule has 1 fully saturated rings. The molecular weight excluding hydrogens is 186 g/mol. The van der Waals surface area contributed by atoms with E-state index >= 15 is 0 Å². The lowest BCUT2D eigenvalue weighted by Crippen LogP contribution is -2.33. The van der Waals surface area contributed by atoms with Gasteiger partial charge in [-0.15, -0.1) is 0 Å². The molecule has 1 aromatic rings. The van der Waals surface area contributed by atoms with Crippen LogP contribution in [0.5, 0.6) is 0 Å². The Kier molecular flexibility index (Phi) is 2.80. The molecule has 82 valence electrons. The summed E-state index contributed by atoms with van der Waals surface area (Å²) >= 11 is 0. The van der Waals surface area contributed by atoms with E-state index in [4.69, 9.17) is 5.73 Å². The monoisotopic (exact) mass is 205 g/mol. The first-order chi connectivity index (χ1) is 7.20. The Labute approximate surface area is 91.3 Å². The van der Waals surface area contributed by atoms with Crippen molar-refractivity contribution in [3.8, 4) is 0 Å². The molecule has 2 heterocycles. The highest BCUT2D eigenvalue weighted by molar-refractivity contribution is 5.64. The van der Waals surface area contributed by atoms with Gasteiger partial charge in [0, 0.05) is 18.8 Å². The minimum absolute atomic E-state index is 0.622. The minimum atomic E-state index is 0.622. The molecule has 1 aliphatic rings. The standard InChI is InChI=1S/C12H19N3/c1-9(2)10-6-4-8-15(10)11-5-3-7-14-12(11)13/h3,5,7,9-10H,4,6,8H2,1-2H3,(H2,13,14). The summed E-state index contributed by atoms with van der Waals surface area (Å²) in [6, 6.07) is 4.65. The van der Waals surface area contributed by atoms with E-state index < -0.39 is 0 Å². The van der Waals surface area contributed by atoms with Crippen LogP contribution >= 0.6 is 0 Å². The van der Waals surface area contributed by atoms with Gasteiger partial charge >= 0.3 is 0 Å². The lowest BCUT2D eigenvalue weighted by atomic mass is 10.0. The number of rotatable bonds is 2. The van der Waals surface area contributed by atoms with Gasteiger partial charge in [0.2, 0.25) is 0 Å². The summed E-state index contributed by atoms with van der Waals surface area (Å²) in [7, 11) is 0. The molecule has 0 spiro atoms. The third-order valence-corrected chi connectivity index (χ3v) is 3.19.